The van der Waals surface area contributed by atoms with Crippen molar-refractivity contribution in [3.05, 3.63) is 52.5 Å². The van der Waals surface area contributed by atoms with Gasteiger partial charge in [-0.15, -0.1) is 0 Å². The first-order valence-electron chi connectivity index (χ1n) is 14.4. The van der Waals surface area contributed by atoms with E-state index < -0.39 is 5.97 Å². The molecule has 0 spiro atoms. The van der Waals surface area contributed by atoms with Crippen LogP contribution in [0.2, 0.25) is 0 Å². The summed E-state index contributed by atoms with van der Waals surface area (Å²) in [6.45, 7) is 20.5. The molecule has 0 bridgehead atoms. The Labute approximate surface area is 235 Å². The summed E-state index contributed by atoms with van der Waals surface area (Å²) in [6.07, 6.45) is 2.73. The Hall–Kier alpha value is -3.64. The van der Waals surface area contributed by atoms with Crippen LogP contribution in [0.4, 0.5) is 5.69 Å². The number of morpholine rings is 1. The fraction of sp³-hybridized carbons (Fsp3) is 0.548. The molecule has 1 aliphatic heterocycles. The average Bonchev–Trinajstić information content (AvgIpc) is 3.51. The normalized spacial score (nSPS) is 24.1. The van der Waals surface area contributed by atoms with Gasteiger partial charge in [0, 0.05) is 18.7 Å². The van der Waals surface area contributed by atoms with Crippen LogP contribution in [0.3, 0.4) is 0 Å². The van der Waals surface area contributed by atoms with Gasteiger partial charge in [-0.25, -0.2) is 19.1 Å². The third-order valence-corrected chi connectivity index (χ3v) is 8.65. The molecule has 1 amide bonds. The van der Waals surface area contributed by atoms with Crippen LogP contribution in [0, 0.1) is 24.3 Å². The molecular formula is C31H39N5O4. The van der Waals surface area contributed by atoms with Crippen molar-refractivity contribution in [1.29, 1.82) is 0 Å². The molecule has 3 unspecified atom stereocenters. The lowest BCUT2D eigenvalue weighted by Gasteiger charge is -2.37. The molecule has 40 heavy (non-hydrogen) atoms. The lowest BCUT2D eigenvalue weighted by Crippen LogP contribution is -2.41. The van der Waals surface area contributed by atoms with E-state index in [4.69, 9.17) is 21.0 Å². The smallest absolute Gasteiger partial charge is 0.331 e. The number of carbonyl (C=O) groups is 2. The zero-order valence-electron chi connectivity index (χ0n) is 24.1. The highest BCUT2D eigenvalue weighted by Gasteiger charge is 2.38. The zero-order chi connectivity index (χ0) is 28.6. The Morgan fingerprint density at radius 1 is 1.15 bits per heavy atom. The van der Waals surface area contributed by atoms with Gasteiger partial charge >= 0.3 is 5.97 Å². The molecule has 1 aromatic carbocycles. The van der Waals surface area contributed by atoms with Crippen molar-refractivity contribution < 1.29 is 19.1 Å². The van der Waals surface area contributed by atoms with Crippen LogP contribution in [0.1, 0.15) is 86.2 Å². The van der Waals surface area contributed by atoms with E-state index in [1.54, 1.807) is 4.90 Å². The molecule has 0 radical (unpaired) electrons. The van der Waals surface area contributed by atoms with Gasteiger partial charge in [-0.2, -0.15) is 0 Å². The lowest BCUT2D eigenvalue weighted by molar-refractivity contribution is -0.0249. The number of fused-ring (bicyclic) bond motifs is 1. The van der Waals surface area contributed by atoms with E-state index in [-0.39, 0.29) is 46.4 Å². The summed E-state index contributed by atoms with van der Waals surface area (Å²) in [6, 6.07) is 8.13. The number of esters is 1. The number of ether oxygens (including phenoxy) is 2. The van der Waals surface area contributed by atoms with Crippen molar-refractivity contribution >= 4 is 23.2 Å². The van der Waals surface area contributed by atoms with Gasteiger partial charge in [0.1, 0.15) is 17.4 Å². The van der Waals surface area contributed by atoms with Crippen LogP contribution < -0.4 is 0 Å². The van der Waals surface area contributed by atoms with Crippen LogP contribution in [0.15, 0.2) is 24.3 Å². The predicted molar refractivity (Wildman–Crippen MR) is 153 cm³/mol. The third-order valence-electron chi connectivity index (χ3n) is 8.65. The highest BCUT2D eigenvalue weighted by atomic mass is 16.5. The number of H-pyrrole nitrogens is 1. The first-order valence-corrected chi connectivity index (χ1v) is 14.4. The van der Waals surface area contributed by atoms with Crippen molar-refractivity contribution in [2.24, 2.45) is 17.8 Å². The minimum absolute atomic E-state index is 0.0246. The number of rotatable bonds is 6. The molecule has 2 aromatic heterocycles. The van der Waals surface area contributed by atoms with Crippen LogP contribution in [-0.2, 0) is 9.47 Å². The summed E-state index contributed by atoms with van der Waals surface area (Å²) in [5.74, 6) is 0.982. The molecular weight excluding hydrogens is 506 g/mol. The number of nitrogens with zero attached hydrogens (tertiary/aromatic N) is 4. The van der Waals surface area contributed by atoms with Gasteiger partial charge in [0.15, 0.2) is 11.5 Å². The maximum atomic E-state index is 13.8. The van der Waals surface area contributed by atoms with E-state index in [0.717, 1.165) is 24.8 Å². The number of benzene rings is 1. The molecule has 3 aromatic rings. The van der Waals surface area contributed by atoms with Gasteiger partial charge in [0.05, 0.1) is 19.8 Å². The number of carbonyl (C=O) groups excluding carboxylic acids is 2. The highest BCUT2D eigenvalue weighted by Crippen LogP contribution is 2.38. The minimum Gasteiger partial charge on any atom is -0.459 e. The van der Waals surface area contributed by atoms with Crippen LogP contribution in [0.25, 0.3) is 21.9 Å². The van der Waals surface area contributed by atoms with E-state index in [0.29, 0.717) is 44.0 Å². The maximum Gasteiger partial charge on any atom is 0.331 e. The molecule has 3 atom stereocenters. The molecule has 1 N–H and O–H groups in total. The summed E-state index contributed by atoms with van der Waals surface area (Å²) >= 11 is 0. The molecule has 212 valence electrons. The Morgan fingerprint density at radius 2 is 1.80 bits per heavy atom. The summed E-state index contributed by atoms with van der Waals surface area (Å²) in [5, 5.41) is 3.22. The fourth-order valence-electron chi connectivity index (χ4n) is 6.35. The molecule has 9 nitrogen and oxygen atoms in total. The van der Waals surface area contributed by atoms with Gasteiger partial charge in [0.25, 0.3) is 5.91 Å². The van der Waals surface area contributed by atoms with E-state index in [9.17, 15) is 9.59 Å². The highest BCUT2D eigenvalue weighted by molar-refractivity contribution is 6.11. The largest absolute Gasteiger partial charge is 0.459 e. The van der Waals surface area contributed by atoms with Crippen molar-refractivity contribution in [1.82, 2.24) is 19.5 Å². The van der Waals surface area contributed by atoms with Crippen molar-refractivity contribution in [2.45, 2.75) is 65.9 Å². The number of aromatic amines is 1. The summed E-state index contributed by atoms with van der Waals surface area (Å²) in [7, 11) is 0. The summed E-state index contributed by atoms with van der Waals surface area (Å²) in [4.78, 5) is 37.7. The van der Waals surface area contributed by atoms with E-state index in [2.05, 4.69) is 56.7 Å². The minimum atomic E-state index is -0.604. The number of hydrogen-bond donors (Lipinski definition) is 1. The molecule has 5 rings (SSSR count). The van der Waals surface area contributed by atoms with Gasteiger partial charge in [0.2, 0.25) is 5.69 Å². The van der Waals surface area contributed by atoms with Crippen LogP contribution in [0.5, 0.6) is 0 Å². The third kappa shape index (κ3) is 5.13. The monoisotopic (exact) mass is 545 g/mol. The second kappa shape index (κ2) is 11.5. The Balaban J connectivity index is 1.59. The first-order chi connectivity index (χ1) is 19.2. The second-order valence-electron chi connectivity index (χ2n) is 11.7. The first kappa shape index (κ1) is 27.9. The molecule has 1 saturated carbocycles. The molecule has 1 saturated heterocycles. The lowest BCUT2D eigenvalue weighted by atomic mass is 9.75. The maximum absolute atomic E-state index is 13.8. The van der Waals surface area contributed by atoms with E-state index in [1.165, 1.54) is 10.1 Å². The fourth-order valence-corrected chi connectivity index (χ4v) is 6.35. The topological polar surface area (TPSA) is 93.3 Å². The Bertz CT molecular complexity index is 1410. The Morgan fingerprint density at radius 3 is 2.40 bits per heavy atom. The molecule has 2 fully saturated rings. The van der Waals surface area contributed by atoms with E-state index >= 15 is 0 Å². The van der Waals surface area contributed by atoms with Crippen LogP contribution >= 0.6 is 0 Å². The van der Waals surface area contributed by atoms with Crippen molar-refractivity contribution in [2.75, 3.05) is 26.3 Å². The predicted octanol–water partition coefficient (Wildman–Crippen LogP) is 6.09. The summed E-state index contributed by atoms with van der Waals surface area (Å²) < 4.78 is 13.0. The molecule has 3 heterocycles. The van der Waals surface area contributed by atoms with Crippen LogP contribution in [-0.4, -0.2) is 63.8 Å². The zero-order valence-corrected chi connectivity index (χ0v) is 24.1. The van der Waals surface area contributed by atoms with Gasteiger partial charge in [-0.05, 0) is 48.5 Å². The number of aromatic nitrogens is 3. The molecule has 1 aliphatic carbocycles. The van der Waals surface area contributed by atoms with E-state index in [1.807, 2.05) is 12.1 Å². The number of nitrogens with one attached hydrogen (secondary N) is 1. The Kier molecular flexibility index (Phi) is 7.99. The number of hydrogen-bond acceptors (Lipinski definition) is 5. The average molecular weight is 546 g/mol. The van der Waals surface area contributed by atoms with Crippen molar-refractivity contribution in [3.63, 3.8) is 0 Å². The second-order valence-corrected chi connectivity index (χ2v) is 11.7. The quantitative estimate of drug-likeness (QED) is 0.299. The molecule has 2 aliphatic rings. The molecule has 9 heteroatoms. The van der Waals surface area contributed by atoms with Crippen molar-refractivity contribution in [3.8, 4) is 11.4 Å². The van der Waals surface area contributed by atoms with Gasteiger partial charge < -0.3 is 14.4 Å². The number of amides is 1. The standard InChI is InChI=1S/C31H39N5O4/c1-7-19(3)22-8-10-23(11-9-22)28-33-29-24(31(38)40-27-20(4)16-18(2)17-21(27)5)25(32-6)26(36(29)34-28)30(37)35-12-14-39-15-13-35/h8-11,18-21,27H,7,12-17H2,1-5H3,(H,33,34). The van der Waals surface area contributed by atoms with Gasteiger partial charge in [-0.3, -0.25) is 9.89 Å². The summed E-state index contributed by atoms with van der Waals surface area (Å²) in [5.41, 5.74) is 2.42. The van der Waals surface area contributed by atoms with Gasteiger partial charge in [-0.1, -0.05) is 58.9 Å². The SMILES string of the molecule is [C-]#[N+]c1c(C(=O)OC2C(C)CC(C)CC2C)c2nc(-c3ccc(C(C)CC)cc3)[nH]n2c1C(=O)N1CCOCC1.